The average molecular weight is 266 g/mol. The van der Waals surface area contributed by atoms with Crippen molar-refractivity contribution in [3.05, 3.63) is 29.6 Å². The van der Waals surface area contributed by atoms with Crippen LogP contribution in [0.2, 0.25) is 0 Å². The Labute approximate surface area is 114 Å². The van der Waals surface area contributed by atoms with E-state index in [9.17, 15) is 9.18 Å². The summed E-state index contributed by atoms with van der Waals surface area (Å²) in [5.74, 6) is -0.479. The first-order valence-corrected chi connectivity index (χ1v) is 6.91. The average Bonchev–Trinajstić information content (AvgIpc) is 2.38. The van der Waals surface area contributed by atoms with Crippen LogP contribution < -0.4 is 11.1 Å². The van der Waals surface area contributed by atoms with E-state index in [0.717, 1.165) is 25.7 Å². The van der Waals surface area contributed by atoms with Crippen molar-refractivity contribution in [1.82, 2.24) is 5.32 Å². The molecule has 1 rings (SSSR count). The third-order valence-electron chi connectivity index (χ3n) is 3.33. The van der Waals surface area contributed by atoms with E-state index >= 15 is 0 Å². The van der Waals surface area contributed by atoms with Crippen molar-refractivity contribution in [2.45, 2.75) is 39.5 Å². The van der Waals surface area contributed by atoms with Crippen LogP contribution >= 0.6 is 0 Å². The van der Waals surface area contributed by atoms with Crippen LogP contribution in [0.4, 0.5) is 10.1 Å². The van der Waals surface area contributed by atoms with Gasteiger partial charge in [-0.3, -0.25) is 4.79 Å². The van der Waals surface area contributed by atoms with Gasteiger partial charge < -0.3 is 11.1 Å². The monoisotopic (exact) mass is 266 g/mol. The van der Waals surface area contributed by atoms with Crippen LogP contribution in [-0.2, 0) is 0 Å². The number of nitrogen functional groups attached to an aromatic ring is 1. The summed E-state index contributed by atoms with van der Waals surface area (Å²) < 4.78 is 13.6. The molecule has 0 bridgehead atoms. The molecule has 0 aromatic heterocycles. The van der Waals surface area contributed by atoms with Crippen molar-refractivity contribution in [3.63, 3.8) is 0 Å². The zero-order valence-corrected chi connectivity index (χ0v) is 11.7. The first-order chi connectivity index (χ1) is 9.08. The lowest BCUT2D eigenvalue weighted by atomic mass is 9.99. The van der Waals surface area contributed by atoms with E-state index in [1.54, 1.807) is 0 Å². The molecule has 1 amide bonds. The van der Waals surface area contributed by atoms with Gasteiger partial charge in [0.05, 0.1) is 5.56 Å². The lowest BCUT2D eigenvalue weighted by Crippen LogP contribution is -2.29. The number of carbonyl (C=O) groups excluding carboxylic acids is 1. The molecule has 0 fully saturated rings. The van der Waals surface area contributed by atoms with Crippen LogP contribution in [-0.4, -0.2) is 12.5 Å². The summed E-state index contributed by atoms with van der Waals surface area (Å²) in [7, 11) is 0. The molecule has 0 saturated heterocycles. The van der Waals surface area contributed by atoms with E-state index in [0.29, 0.717) is 18.2 Å². The molecular weight excluding hydrogens is 243 g/mol. The summed E-state index contributed by atoms with van der Waals surface area (Å²) in [5.41, 5.74) is 5.83. The molecule has 0 aliphatic carbocycles. The number of hydrogen-bond donors (Lipinski definition) is 2. The maximum absolute atomic E-state index is 13.6. The van der Waals surface area contributed by atoms with Crippen LogP contribution in [0, 0.1) is 11.7 Å². The maximum atomic E-state index is 13.6. The third kappa shape index (κ3) is 4.89. The quantitative estimate of drug-likeness (QED) is 0.743. The first kappa shape index (κ1) is 15.5. The Bertz CT molecular complexity index is 421. The van der Waals surface area contributed by atoms with E-state index in [-0.39, 0.29) is 11.5 Å². The zero-order chi connectivity index (χ0) is 14.3. The van der Waals surface area contributed by atoms with Gasteiger partial charge in [-0.1, -0.05) is 33.1 Å². The van der Waals surface area contributed by atoms with Gasteiger partial charge in [0.15, 0.2) is 0 Å². The SMILES string of the molecule is CCCCC(CC)CNC(=O)c1ccc(N)cc1F. The molecule has 0 saturated carbocycles. The van der Waals surface area contributed by atoms with Gasteiger partial charge in [-0.25, -0.2) is 4.39 Å². The molecule has 0 aliphatic heterocycles. The van der Waals surface area contributed by atoms with Crippen LogP contribution in [0.1, 0.15) is 49.9 Å². The summed E-state index contributed by atoms with van der Waals surface area (Å²) in [6.07, 6.45) is 4.42. The third-order valence-corrected chi connectivity index (χ3v) is 3.33. The molecule has 0 heterocycles. The molecule has 1 atom stereocenters. The molecule has 3 N–H and O–H groups in total. The lowest BCUT2D eigenvalue weighted by Gasteiger charge is -2.15. The van der Waals surface area contributed by atoms with Crippen LogP contribution in [0.25, 0.3) is 0 Å². The van der Waals surface area contributed by atoms with Gasteiger partial charge >= 0.3 is 0 Å². The summed E-state index contributed by atoms with van der Waals surface area (Å²) in [6, 6.07) is 4.13. The Kier molecular flexibility index (Phi) is 6.33. The zero-order valence-electron chi connectivity index (χ0n) is 11.7. The lowest BCUT2D eigenvalue weighted by molar-refractivity contribution is 0.0942. The number of rotatable bonds is 7. The minimum Gasteiger partial charge on any atom is -0.399 e. The number of carbonyl (C=O) groups is 1. The van der Waals surface area contributed by atoms with Crippen molar-refractivity contribution in [1.29, 1.82) is 0 Å². The summed E-state index contributed by atoms with van der Waals surface area (Å²) in [4.78, 5) is 11.9. The molecular formula is C15H23FN2O. The number of nitrogens with two attached hydrogens (primary N) is 1. The molecule has 0 spiro atoms. The maximum Gasteiger partial charge on any atom is 0.254 e. The minimum absolute atomic E-state index is 0.0551. The van der Waals surface area contributed by atoms with Crippen LogP contribution in [0.3, 0.4) is 0 Å². The highest BCUT2D eigenvalue weighted by atomic mass is 19.1. The number of halogens is 1. The van der Waals surface area contributed by atoms with Gasteiger partial charge in [0.25, 0.3) is 5.91 Å². The number of unbranched alkanes of at least 4 members (excludes halogenated alkanes) is 1. The molecule has 1 aromatic carbocycles. The Hall–Kier alpha value is -1.58. The summed E-state index contributed by atoms with van der Waals surface area (Å²) in [6.45, 7) is 4.85. The Morgan fingerprint density at radius 2 is 2.16 bits per heavy atom. The first-order valence-electron chi connectivity index (χ1n) is 6.91. The van der Waals surface area contributed by atoms with Crippen LogP contribution in [0.5, 0.6) is 0 Å². The van der Waals surface area contributed by atoms with E-state index in [4.69, 9.17) is 5.73 Å². The smallest absolute Gasteiger partial charge is 0.254 e. The van der Waals surface area contributed by atoms with E-state index in [1.165, 1.54) is 18.2 Å². The molecule has 0 aliphatic rings. The fourth-order valence-electron chi connectivity index (χ4n) is 1.99. The second-order valence-corrected chi connectivity index (χ2v) is 4.87. The highest BCUT2D eigenvalue weighted by Crippen LogP contribution is 2.14. The van der Waals surface area contributed by atoms with Crippen molar-refractivity contribution >= 4 is 11.6 Å². The highest BCUT2D eigenvalue weighted by Gasteiger charge is 2.13. The molecule has 19 heavy (non-hydrogen) atoms. The molecule has 4 heteroatoms. The number of hydrogen-bond acceptors (Lipinski definition) is 2. The molecule has 0 radical (unpaired) electrons. The predicted octanol–water partition coefficient (Wildman–Crippen LogP) is 3.35. The number of nitrogens with one attached hydrogen (secondary N) is 1. The van der Waals surface area contributed by atoms with Crippen molar-refractivity contribution in [2.24, 2.45) is 5.92 Å². The second-order valence-electron chi connectivity index (χ2n) is 4.87. The molecule has 3 nitrogen and oxygen atoms in total. The Balaban J connectivity index is 2.54. The van der Waals surface area contributed by atoms with Crippen LogP contribution in [0.15, 0.2) is 18.2 Å². The fourth-order valence-corrected chi connectivity index (χ4v) is 1.99. The summed E-state index contributed by atoms with van der Waals surface area (Å²) in [5, 5.41) is 2.80. The van der Waals surface area contributed by atoms with E-state index in [2.05, 4.69) is 19.2 Å². The van der Waals surface area contributed by atoms with Crippen molar-refractivity contribution < 1.29 is 9.18 Å². The largest absolute Gasteiger partial charge is 0.399 e. The molecule has 106 valence electrons. The van der Waals surface area contributed by atoms with Gasteiger partial charge in [0.1, 0.15) is 5.82 Å². The highest BCUT2D eigenvalue weighted by molar-refractivity contribution is 5.94. The Morgan fingerprint density at radius 1 is 1.42 bits per heavy atom. The topological polar surface area (TPSA) is 55.1 Å². The standard InChI is InChI=1S/C15H23FN2O/c1-3-5-6-11(4-2)10-18-15(19)13-8-7-12(17)9-14(13)16/h7-9,11H,3-6,10,17H2,1-2H3,(H,18,19). The van der Waals surface area contributed by atoms with Gasteiger partial charge in [-0.2, -0.15) is 0 Å². The Morgan fingerprint density at radius 3 is 2.74 bits per heavy atom. The predicted molar refractivity (Wildman–Crippen MR) is 76.5 cm³/mol. The molecule has 1 unspecified atom stereocenters. The fraction of sp³-hybridized carbons (Fsp3) is 0.533. The second kappa shape index (κ2) is 7.77. The van der Waals surface area contributed by atoms with Crippen molar-refractivity contribution in [2.75, 3.05) is 12.3 Å². The normalized spacial score (nSPS) is 12.2. The van der Waals surface area contributed by atoms with Gasteiger partial charge in [0.2, 0.25) is 0 Å². The van der Waals surface area contributed by atoms with Gasteiger partial charge in [0, 0.05) is 12.2 Å². The van der Waals surface area contributed by atoms with Crippen molar-refractivity contribution in [3.8, 4) is 0 Å². The van der Waals surface area contributed by atoms with Gasteiger partial charge in [-0.05, 0) is 30.5 Å². The van der Waals surface area contributed by atoms with E-state index in [1.807, 2.05) is 0 Å². The number of benzene rings is 1. The van der Waals surface area contributed by atoms with E-state index < -0.39 is 5.82 Å². The molecule has 1 aromatic rings. The van der Waals surface area contributed by atoms with Gasteiger partial charge in [-0.15, -0.1) is 0 Å². The summed E-state index contributed by atoms with van der Waals surface area (Å²) >= 11 is 0. The minimum atomic E-state index is -0.570. The number of amides is 1. The number of anilines is 1.